The van der Waals surface area contributed by atoms with Crippen LogP contribution in [0.4, 0.5) is 0 Å². The molecule has 0 saturated heterocycles. The zero-order valence-electron chi connectivity index (χ0n) is 17.9. The molecule has 31 heavy (non-hydrogen) atoms. The van der Waals surface area contributed by atoms with Gasteiger partial charge >= 0.3 is 5.97 Å². The number of benzene rings is 2. The molecule has 2 aromatic rings. The molecule has 1 N–H and O–H groups in total. The Morgan fingerprint density at radius 2 is 1.74 bits per heavy atom. The van der Waals surface area contributed by atoms with E-state index in [1.807, 2.05) is 57.2 Å². The van der Waals surface area contributed by atoms with Crippen LogP contribution in [0.3, 0.4) is 0 Å². The van der Waals surface area contributed by atoms with Crippen LogP contribution in [0.25, 0.3) is 0 Å². The molecule has 1 aliphatic carbocycles. The molecule has 1 aliphatic heterocycles. The van der Waals surface area contributed by atoms with Gasteiger partial charge < -0.3 is 10.1 Å². The zero-order valence-corrected chi connectivity index (χ0v) is 18.7. The topological polar surface area (TPSA) is 55.4 Å². The second kappa shape index (κ2) is 8.72. The Balaban J connectivity index is 1.82. The fraction of sp³-hybridized carbons (Fsp3) is 0.308. The highest BCUT2D eigenvalue weighted by Crippen LogP contribution is 2.47. The fourth-order valence-corrected chi connectivity index (χ4v) is 4.81. The van der Waals surface area contributed by atoms with Gasteiger partial charge in [0.1, 0.15) is 0 Å². The standard InChI is InChI=1S/C26H26ClNO3/c1-15(2)31-26(30)23-16(3)28-21-13-18(17-9-5-4-6-10-17)14-22(29)25(21)24(23)19-11-7-8-12-20(19)27/h4-12,15,18,24,28H,13-14H2,1-3H3/t18-,24+/m1/s1. The molecule has 2 atom stereocenters. The van der Waals surface area contributed by atoms with Crippen LogP contribution >= 0.6 is 11.6 Å². The Morgan fingerprint density at radius 1 is 1.06 bits per heavy atom. The summed E-state index contributed by atoms with van der Waals surface area (Å²) in [7, 11) is 0. The van der Waals surface area contributed by atoms with Gasteiger partial charge in [-0.05, 0) is 50.3 Å². The number of nitrogens with one attached hydrogen (secondary N) is 1. The molecule has 0 saturated carbocycles. The first-order valence-corrected chi connectivity index (χ1v) is 11.0. The van der Waals surface area contributed by atoms with Gasteiger partial charge in [-0.3, -0.25) is 4.79 Å². The molecule has 0 unspecified atom stereocenters. The first-order valence-electron chi connectivity index (χ1n) is 10.6. The van der Waals surface area contributed by atoms with Crippen molar-refractivity contribution >= 4 is 23.4 Å². The lowest BCUT2D eigenvalue weighted by Gasteiger charge is -2.37. The van der Waals surface area contributed by atoms with Crippen LogP contribution < -0.4 is 5.32 Å². The van der Waals surface area contributed by atoms with E-state index in [4.69, 9.17) is 16.3 Å². The summed E-state index contributed by atoms with van der Waals surface area (Å²) < 4.78 is 5.54. The fourth-order valence-electron chi connectivity index (χ4n) is 4.57. The minimum absolute atomic E-state index is 0.0369. The highest BCUT2D eigenvalue weighted by atomic mass is 35.5. The highest BCUT2D eigenvalue weighted by Gasteiger charge is 2.42. The van der Waals surface area contributed by atoms with Crippen LogP contribution in [0.5, 0.6) is 0 Å². The second-order valence-corrected chi connectivity index (χ2v) is 8.81. The molecule has 2 aliphatic rings. The van der Waals surface area contributed by atoms with Crippen molar-refractivity contribution in [2.24, 2.45) is 0 Å². The molecular weight excluding hydrogens is 410 g/mol. The highest BCUT2D eigenvalue weighted by molar-refractivity contribution is 6.31. The van der Waals surface area contributed by atoms with Crippen LogP contribution in [0, 0.1) is 0 Å². The third-order valence-corrected chi connectivity index (χ3v) is 6.22. The van der Waals surface area contributed by atoms with E-state index >= 15 is 0 Å². The molecule has 0 amide bonds. The number of ketones is 1. The van der Waals surface area contributed by atoms with Crippen LogP contribution in [-0.2, 0) is 14.3 Å². The van der Waals surface area contributed by atoms with E-state index in [9.17, 15) is 9.59 Å². The van der Waals surface area contributed by atoms with Crippen molar-refractivity contribution in [3.8, 4) is 0 Å². The molecular formula is C26H26ClNO3. The minimum atomic E-state index is -0.541. The first kappa shape index (κ1) is 21.4. The quantitative estimate of drug-likeness (QED) is 0.630. The largest absolute Gasteiger partial charge is 0.460 e. The number of carbonyl (C=O) groups excluding carboxylic acids is 2. The molecule has 4 nitrogen and oxygen atoms in total. The molecule has 5 heteroatoms. The van der Waals surface area contributed by atoms with Gasteiger partial charge in [0.05, 0.1) is 11.7 Å². The number of dihydropyridines is 1. The van der Waals surface area contributed by atoms with Gasteiger partial charge in [-0.1, -0.05) is 60.1 Å². The smallest absolute Gasteiger partial charge is 0.337 e. The maximum atomic E-state index is 13.5. The lowest BCUT2D eigenvalue weighted by atomic mass is 9.71. The van der Waals surface area contributed by atoms with E-state index in [0.29, 0.717) is 34.7 Å². The molecule has 160 valence electrons. The number of rotatable bonds is 4. The van der Waals surface area contributed by atoms with Crippen molar-refractivity contribution in [2.45, 2.75) is 51.6 Å². The van der Waals surface area contributed by atoms with Crippen molar-refractivity contribution < 1.29 is 14.3 Å². The Bertz CT molecular complexity index is 1080. The lowest BCUT2D eigenvalue weighted by Crippen LogP contribution is -2.36. The van der Waals surface area contributed by atoms with Crippen molar-refractivity contribution in [2.75, 3.05) is 0 Å². The van der Waals surface area contributed by atoms with Crippen LogP contribution in [0.1, 0.15) is 56.6 Å². The number of hydrogen-bond acceptors (Lipinski definition) is 4. The molecule has 0 spiro atoms. The molecule has 0 radical (unpaired) electrons. The summed E-state index contributed by atoms with van der Waals surface area (Å²) in [6.45, 7) is 5.49. The van der Waals surface area contributed by atoms with Gasteiger partial charge in [0.25, 0.3) is 0 Å². The summed E-state index contributed by atoms with van der Waals surface area (Å²) in [6.07, 6.45) is 0.840. The average molecular weight is 436 g/mol. The molecule has 4 rings (SSSR count). The number of halogens is 1. The van der Waals surface area contributed by atoms with E-state index in [1.54, 1.807) is 6.07 Å². The van der Waals surface area contributed by atoms with Gasteiger partial charge in [-0.15, -0.1) is 0 Å². The number of carbonyl (C=O) groups is 2. The van der Waals surface area contributed by atoms with Gasteiger partial charge in [0, 0.05) is 34.3 Å². The van der Waals surface area contributed by atoms with E-state index < -0.39 is 11.9 Å². The molecule has 0 aromatic heterocycles. The summed E-state index contributed by atoms with van der Waals surface area (Å²) in [5, 5.41) is 3.90. The van der Waals surface area contributed by atoms with Crippen molar-refractivity contribution in [3.63, 3.8) is 0 Å². The van der Waals surface area contributed by atoms with Crippen LogP contribution in [0.15, 0.2) is 77.1 Å². The van der Waals surface area contributed by atoms with E-state index in [2.05, 4.69) is 17.4 Å². The Labute approximate surface area is 187 Å². The lowest BCUT2D eigenvalue weighted by molar-refractivity contribution is -0.143. The Kier molecular flexibility index (Phi) is 6.01. The summed E-state index contributed by atoms with van der Waals surface area (Å²) in [6, 6.07) is 17.5. The van der Waals surface area contributed by atoms with E-state index in [0.717, 1.165) is 16.8 Å². The SMILES string of the molecule is CC1=C(C(=O)OC(C)C)[C@H](c2ccccc2Cl)C2=C(C[C@@H](c3ccccc3)CC2=O)N1. The summed E-state index contributed by atoms with van der Waals surface area (Å²) in [5.74, 6) is -0.825. The third-order valence-electron chi connectivity index (χ3n) is 5.88. The maximum Gasteiger partial charge on any atom is 0.337 e. The van der Waals surface area contributed by atoms with Gasteiger partial charge in [0.2, 0.25) is 0 Å². The number of esters is 1. The third kappa shape index (κ3) is 4.17. The summed E-state index contributed by atoms with van der Waals surface area (Å²) >= 11 is 6.56. The maximum absolute atomic E-state index is 13.5. The molecule has 0 bridgehead atoms. The molecule has 2 aromatic carbocycles. The van der Waals surface area contributed by atoms with E-state index in [-0.39, 0.29) is 17.8 Å². The molecule has 0 fully saturated rings. The van der Waals surface area contributed by atoms with Crippen molar-refractivity contribution in [3.05, 3.63) is 93.3 Å². The van der Waals surface area contributed by atoms with Gasteiger partial charge in [-0.25, -0.2) is 4.79 Å². The van der Waals surface area contributed by atoms with E-state index in [1.165, 1.54) is 0 Å². The summed E-state index contributed by atoms with van der Waals surface area (Å²) in [4.78, 5) is 26.6. The van der Waals surface area contributed by atoms with Gasteiger partial charge in [-0.2, -0.15) is 0 Å². The van der Waals surface area contributed by atoms with Crippen molar-refractivity contribution in [1.82, 2.24) is 5.32 Å². The second-order valence-electron chi connectivity index (χ2n) is 8.40. The molecule has 1 heterocycles. The Morgan fingerprint density at radius 3 is 2.42 bits per heavy atom. The average Bonchev–Trinajstić information content (AvgIpc) is 2.73. The normalized spacial score (nSPS) is 21.1. The predicted molar refractivity (Wildman–Crippen MR) is 122 cm³/mol. The summed E-state index contributed by atoms with van der Waals surface area (Å²) in [5.41, 5.74) is 4.54. The first-order chi connectivity index (χ1) is 14.9. The number of Topliss-reactive ketones (excluding diaryl/α,β-unsaturated/α-hetero) is 1. The van der Waals surface area contributed by atoms with Crippen molar-refractivity contribution in [1.29, 1.82) is 0 Å². The monoisotopic (exact) mass is 435 g/mol. The predicted octanol–water partition coefficient (Wildman–Crippen LogP) is 5.65. The number of allylic oxidation sites excluding steroid dienone is 3. The number of ether oxygens (including phenoxy) is 1. The van der Waals surface area contributed by atoms with Gasteiger partial charge in [0.15, 0.2) is 5.78 Å². The van der Waals surface area contributed by atoms with Crippen LogP contribution in [0.2, 0.25) is 5.02 Å². The Hall–Kier alpha value is -2.85. The van der Waals surface area contributed by atoms with Crippen LogP contribution in [-0.4, -0.2) is 17.9 Å². The minimum Gasteiger partial charge on any atom is -0.460 e. The zero-order chi connectivity index (χ0) is 22.1. The number of hydrogen-bond donors (Lipinski definition) is 1.